The Kier molecular flexibility index (Phi) is 7.34. The summed E-state index contributed by atoms with van der Waals surface area (Å²) in [7, 11) is 0. The molecular formula is C17H26ClFN4O2. The van der Waals surface area contributed by atoms with Crippen LogP contribution in [0.15, 0.2) is 24.3 Å². The van der Waals surface area contributed by atoms with Gasteiger partial charge in [0.15, 0.2) is 0 Å². The fraction of sp³-hybridized carbons (Fsp3) is 0.529. The highest BCUT2D eigenvalue weighted by Crippen LogP contribution is 2.28. The number of carbonyl (C=O) groups is 2. The van der Waals surface area contributed by atoms with Gasteiger partial charge in [0, 0.05) is 19.1 Å². The van der Waals surface area contributed by atoms with E-state index in [2.05, 4.69) is 24.5 Å². The lowest BCUT2D eigenvalue weighted by Gasteiger charge is -2.44. The van der Waals surface area contributed by atoms with Crippen molar-refractivity contribution in [1.29, 1.82) is 0 Å². The lowest BCUT2D eigenvalue weighted by atomic mass is 9.79. The highest BCUT2D eigenvalue weighted by Gasteiger charge is 2.36. The molecule has 6 nitrogen and oxygen atoms in total. The number of piperidine rings is 1. The minimum atomic E-state index is -0.745. The molecule has 1 fully saturated rings. The van der Waals surface area contributed by atoms with Crippen molar-refractivity contribution in [3.05, 3.63) is 30.1 Å². The third-order valence-corrected chi connectivity index (χ3v) is 4.63. The number of nitrogens with zero attached hydrogens (tertiary/aromatic N) is 1. The Labute approximate surface area is 153 Å². The zero-order chi connectivity index (χ0) is 17.9. The molecule has 8 heteroatoms. The second-order valence-corrected chi connectivity index (χ2v) is 6.95. The molecular weight excluding hydrogens is 347 g/mol. The first-order valence-corrected chi connectivity index (χ1v) is 8.07. The monoisotopic (exact) mass is 372 g/mol. The number of amides is 3. The number of imide groups is 1. The first-order chi connectivity index (χ1) is 11.2. The molecule has 1 saturated heterocycles. The van der Waals surface area contributed by atoms with E-state index in [0.29, 0.717) is 13.1 Å². The second kappa shape index (κ2) is 8.60. The summed E-state index contributed by atoms with van der Waals surface area (Å²) < 4.78 is 13.5. The average Bonchev–Trinajstić information content (AvgIpc) is 2.51. The molecule has 0 saturated carbocycles. The summed E-state index contributed by atoms with van der Waals surface area (Å²) in [6.07, 6.45) is 0.798. The maximum Gasteiger partial charge on any atom is 0.326 e. The molecule has 2 atom stereocenters. The number of rotatable bonds is 3. The number of hydrogen-bond acceptors (Lipinski definition) is 4. The molecule has 0 aliphatic carbocycles. The molecule has 0 bridgehead atoms. The SMILES string of the molecule is CC(C(=O)NC(=O)Nc1ccccc1F)N1CCC(N)C(C)(C)C1.Cl. The van der Waals surface area contributed by atoms with Crippen LogP contribution in [0.1, 0.15) is 27.2 Å². The summed E-state index contributed by atoms with van der Waals surface area (Å²) in [6, 6.07) is 4.66. The summed E-state index contributed by atoms with van der Waals surface area (Å²) in [6.45, 7) is 7.27. The molecule has 1 aromatic rings. The van der Waals surface area contributed by atoms with Gasteiger partial charge in [0.25, 0.3) is 0 Å². The Hall–Kier alpha value is -1.70. The summed E-state index contributed by atoms with van der Waals surface area (Å²) in [5, 5.41) is 4.60. The molecule has 0 spiro atoms. The number of urea groups is 1. The first-order valence-electron chi connectivity index (χ1n) is 8.07. The second-order valence-electron chi connectivity index (χ2n) is 6.95. The number of benzene rings is 1. The number of hydrogen-bond donors (Lipinski definition) is 3. The summed E-state index contributed by atoms with van der Waals surface area (Å²) in [4.78, 5) is 26.2. The van der Waals surface area contributed by atoms with Crippen molar-refractivity contribution >= 4 is 30.0 Å². The van der Waals surface area contributed by atoms with Crippen molar-refractivity contribution in [2.75, 3.05) is 18.4 Å². The third-order valence-electron chi connectivity index (χ3n) is 4.63. The molecule has 1 aliphatic heterocycles. The lowest BCUT2D eigenvalue weighted by Crippen LogP contribution is -2.58. The van der Waals surface area contributed by atoms with Gasteiger partial charge in [-0.15, -0.1) is 12.4 Å². The molecule has 0 radical (unpaired) electrons. The fourth-order valence-corrected chi connectivity index (χ4v) is 2.84. The lowest BCUT2D eigenvalue weighted by molar-refractivity contribution is -0.126. The van der Waals surface area contributed by atoms with Crippen LogP contribution in [0.25, 0.3) is 0 Å². The molecule has 2 rings (SSSR count). The highest BCUT2D eigenvalue weighted by atomic mass is 35.5. The topological polar surface area (TPSA) is 87.5 Å². The van der Waals surface area contributed by atoms with Crippen molar-refractivity contribution in [2.24, 2.45) is 11.1 Å². The van der Waals surface area contributed by atoms with Crippen molar-refractivity contribution in [1.82, 2.24) is 10.2 Å². The van der Waals surface area contributed by atoms with Gasteiger partial charge in [-0.25, -0.2) is 9.18 Å². The van der Waals surface area contributed by atoms with Gasteiger partial charge in [-0.1, -0.05) is 26.0 Å². The fourth-order valence-electron chi connectivity index (χ4n) is 2.84. The van der Waals surface area contributed by atoms with Gasteiger partial charge in [0.05, 0.1) is 11.7 Å². The van der Waals surface area contributed by atoms with E-state index in [9.17, 15) is 14.0 Å². The summed E-state index contributed by atoms with van der Waals surface area (Å²) >= 11 is 0. The number of carbonyl (C=O) groups excluding carboxylic acids is 2. The maximum absolute atomic E-state index is 13.5. The number of para-hydroxylation sites is 1. The van der Waals surface area contributed by atoms with E-state index in [1.165, 1.54) is 18.2 Å². The molecule has 4 N–H and O–H groups in total. The number of nitrogens with one attached hydrogen (secondary N) is 2. The van der Waals surface area contributed by atoms with Crippen molar-refractivity contribution < 1.29 is 14.0 Å². The molecule has 0 aromatic heterocycles. The normalized spacial score (nSPS) is 20.9. The number of halogens is 2. The van der Waals surface area contributed by atoms with E-state index in [1.807, 2.05) is 4.90 Å². The number of likely N-dealkylation sites (tertiary alicyclic amines) is 1. The number of nitrogens with two attached hydrogens (primary N) is 1. The Morgan fingerprint density at radius 1 is 1.36 bits per heavy atom. The Bertz CT molecular complexity index is 626. The van der Waals surface area contributed by atoms with E-state index in [-0.39, 0.29) is 29.6 Å². The van der Waals surface area contributed by atoms with Crippen LogP contribution < -0.4 is 16.4 Å². The zero-order valence-electron chi connectivity index (χ0n) is 14.7. The standard InChI is InChI=1S/C17H25FN4O2.ClH/c1-11(22-9-8-14(19)17(2,3)10-22)15(23)21-16(24)20-13-7-5-4-6-12(13)18;/h4-7,11,14H,8-10,19H2,1-3H3,(H2,20,21,23,24);1H. The van der Waals surface area contributed by atoms with E-state index in [1.54, 1.807) is 13.0 Å². The van der Waals surface area contributed by atoms with Crippen LogP contribution >= 0.6 is 12.4 Å². The molecule has 140 valence electrons. The summed E-state index contributed by atoms with van der Waals surface area (Å²) in [5.74, 6) is -0.977. The van der Waals surface area contributed by atoms with Crippen molar-refractivity contribution in [3.8, 4) is 0 Å². The zero-order valence-corrected chi connectivity index (χ0v) is 15.5. The van der Waals surface area contributed by atoms with Gasteiger partial charge in [0.2, 0.25) is 5.91 Å². The molecule has 2 unspecified atom stereocenters. The van der Waals surface area contributed by atoms with Crippen LogP contribution in [-0.2, 0) is 4.79 Å². The van der Waals surface area contributed by atoms with Crippen LogP contribution in [-0.4, -0.2) is 42.0 Å². The predicted molar refractivity (Wildman–Crippen MR) is 98.2 cm³/mol. The van der Waals surface area contributed by atoms with E-state index in [0.717, 1.165) is 6.42 Å². The molecule has 3 amide bonds. The van der Waals surface area contributed by atoms with Crippen LogP contribution in [0.2, 0.25) is 0 Å². The Morgan fingerprint density at radius 2 is 2.00 bits per heavy atom. The molecule has 1 aliphatic rings. The van der Waals surface area contributed by atoms with Crippen LogP contribution in [0, 0.1) is 11.2 Å². The highest BCUT2D eigenvalue weighted by molar-refractivity contribution is 6.02. The Balaban J connectivity index is 0.00000312. The smallest absolute Gasteiger partial charge is 0.326 e. The first kappa shape index (κ1) is 21.3. The van der Waals surface area contributed by atoms with Crippen LogP contribution in [0.5, 0.6) is 0 Å². The van der Waals surface area contributed by atoms with Gasteiger partial charge >= 0.3 is 6.03 Å². The molecule has 25 heavy (non-hydrogen) atoms. The van der Waals surface area contributed by atoms with Gasteiger partial charge in [-0.3, -0.25) is 15.0 Å². The van der Waals surface area contributed by atoms with E-state index in [4.69, 9.17) is 5.73 Å². The third kappa shape index (κ3) is 5.39. The van der Waals surface area contributed by atoms with E-state index >= 15 is 0 Å². The van der Waals surface area contributed by atoms with Gasteiger partial charge in [-0.05, 0) is 30.9 Å². The van der Waals surface area contributed by atoms with Gasteiger partial charge in [-0.2, -0.15) is 0 Å². The minimum absolute atomic E-state index is 0. The maximum atomic E-state index is 13.5. The van der Waals surface area contributed by atoms with E-state index < -0.39 is 23.8 Å². The van der Waals surface area contributed by atoms with Crippen molar-refractivity contribution in [3.63, 3.8) is 0 Å². The largest absolute Gasteiger partial charge is 0.327 e. The average molecular weight is 373 g/mol. The number of anilines is 1. The predicted octanol–water partition coefficient (Wildman–Crippen LogP) is 2.34. The molecule has 1 aromatic carbocycles. The van der Waals surface area contributed by atoms with Gasteiger partial charge < -0.3 is 11.1 Å². The van der Waals surface area contributed by atoms with Crippen molar-refractivity contribution in [2.45, 2.75) is 39.3 Å². The Morgan fingerprint density at radius 3 is 2.60 bits per heavy atom. The van der Waals surface area contributed by atoms with Crippen LogP contribution in [0.3, 0.4) is 0 Å². The van der Waals surface area contributed by atoms with Crippen LogP contribution in [0.4, 0.5) is 14.9 Å². The van der Waals surface area contributed by atoms with Gasteiger partial charge in [0.1, 0.15) is 5.82 Å². The summed E-state index contributed by atoms with van der Waals surface area (Å²) in [5.41, 5.74) is 6.04. The molecule has 1 heterocycles. The minimum Gasteiger partial charge on any atom is -0.327 e. The quantitative estimate of drug-likeness (QED) is 0.760.